The minimum absolute atomic E-state index is 0.139. The first-order chi connectivity index (χ1) is 16.4. The number of carbonyl (C=O) groups excluding carboxylic acids is 4. The van der Waals surface area contributed by atoms with E-state index in [1.807, 2.05) is 20.8 Å². The summed E-state index contributed by atoms with van der Waals surface area (Å²) in [4.78, 5) is 49.9. The molecular weight excluding hydrogens is 455 g/mol. The first-order valence-corrected chi connectivity index (χ1v) is 12.6. The van der Waals surface area contributed by atoms with Gasteiger partial charge in [-0.2, -0.15) is 0 Å². The maximum absolute atomic E-state index is 15.6. The third kappa shape index (κ3) is 3.11. The lowest BCUT2D eigenvalue weighted by Crippen LogP contribution is -2.63. The molecule has 5 rings (SSSR count). The SMILES string of the molecule is CCCC(=O)O[C@]1(C(=O)COC(C)=O)CC[C@H]2[C@@H]3CC(F)C4=CC(=O)C=C[C@]4(C)[C@]34OC4C[C@@]21C. The fraction of sp³-hybridized carbons (Fsp3) is 0.704. The first kappa shape index (κ1) is 24.3. The van der Waals surface area contributed by atoms with E-state index in [4.69, 9.17) is 14.2 Å². The highest BCUT2D eigenvalue weighted by Crippen LogP contribution is 2.76. The second kappa shape index (κ2) is 7.82. The second-order valence-electron chi connectivity index (χ2n) is 11.3. The van der Waals surface area contributed by atoms with Crippen molar-refractivity contribution in [1.29, 1.82) is 0 Å². The zero-order chi connectivity index (χ0) is 25.4. The van der Waals surface area contributed by atoms with Crippen LogP contribution in [0, 0.1) is 22.7 Å². The van der Waals surface area contributed by atoms with Gasteiger partial charge in [-0.05, 0) is 68.6 Å². The molecule has 0 bridgehead atoms. The largest absolute Gasteiger partial charge is 0.458 e. The number of esters is 2. The molecule has 4 aliphatic carbocycles. The molecule has 7 nitrogen and oxygen atoms in total. The molecule has 1 saturated heterocycles. The summed E-state index contributed by atoms with van der Waals surface area (Å²) in [6, 6.07) is 0. The molecule has 8 atom stereocenters. The molecule has 190 valence electrons. The van der Waals surface area contributed by atoms with Gasteiger partial charge in [0.1, 0.15) is 11.8 Å². The number of rotatable bonds is 6. The van der Waals surface area contributed by atoms with E-state index in [0.717, 1.165) is 0 Å². The van der Waals surface area contributed by atoms with Crippen LogP contribution in [0.1, 0.15) is 66.2 Å². The van der Waals surface area contributed by atoms with Gasteiger partial charge in [0.05, 0.1) is 6.10 Å². The summed E-state index contributed by atoms with van der Waals surface area (Å²) < 4.78 is 33.1. The number of ether oxygens (including phenoxy) is 3. The van der Waals surface area contributed by atoms with E-state index >= 15 is 4.39 Å². The standard InChI is InChI=1S/C27H33FO7/c1-5-6-23(32)35-26(21(31)14-33-15(2)29)10-8-17-18-12-20(28)19-11-16(30)7-9-24(19,3)27(18)22(34-27)13-25(17,26)4/h7,9,11,17-18,20,22H,5-6,8,10,12-14H2,1-4H3/t17-,18-,20?,22?,24-,25-,26-,27-/m0/s1. The molecule has 0 N–H and O–H groups in total. The van der Waals surface area contributed by atoms with Crippen LogP contribution in [0.5, 0.6) is 0 Å². The van der Waals surface area contributed by atoms with Crippen molar-refractivity contribution in [2.75, 3.05) is 6.61 Å². The maximum atomic E-state index is 15.6. The normalized spacial score (nSPS) is 44.8. The van der Waals surface area contributed by atoms with Crippen molar-refractivity contribution in [3.05, 3.63) is 23.8 Å². The highest BCUT2D eigenvalue weighted by Gasteiger charge is 2.82. The van der Waals surface area contributed by atoms with E-state index in [9.17, 15) is 19.2 Å². The minimum Gasteiger partial charge on any atom is -0.458 e. The number of hydrogen-bond acceptors (Lipinski definition) is 7. The lowest BCUT2D eigenvalue weighted by molar-refractivity contribution is -0.189. The number of hydrogen-bond donors (Lipinski definition) is 0. The first-order valence-electron chi connectivity index (χ1n) is 12.6. The molecule has 0 amide bonds. The average Bonchev–Trinajstić information content (AvgIpc) is 3.44. The van der Waals surface area contributed by atoms with Crippen molar-refractivity contribution >= 4 is 23.5 Å². The minimum atomic E-state index is -1.46. The van der Waals surface area contributed by atoms with Gasteiger partial charge in [-0.3, -0.25) is 19.2 Å². The Labute approximate surface area is 204 Å². The van der Waals surface area contributed by atoms with Crippen molar-refractivity contribution in [3.63, 3.8) is 0 Å². The van der Waals surface area contributed by atoms with Crippen molar-refractivity contribution < 1.29 is 37.8 Å². The second-order valence-corrected chi connectivity index (χ2v) is 11.3. The molecule has 1 spiro atoms. The zero-order valence-electron chi connectivity index (χ0n) is 20.7. The lowest BCUT2D eigenvalue weighted by atomic mass is 9.46. The number of carbonyl (C=O) groups is 4. The Bertz CT molecular complexity index is 1060. The van der Waals surface area contributed by atoms with Crippen molar-refractivity contribution in [2.24, 2.45) is 22.7 Å². The van der Waals surface area contributed by atoms with E-state index in [0.29, 0.717) is 31.3 Å². The van der Waals surface area contributed by atoms with E-state index in [1.54, 1.807) is 6.08 Å². The number of fused-ring (bicyclic) bond motifs is 3. The summed E-state index contributed by atoms with van der Waals surface area (Å²) in [5, 5.41) is 0. The van der Waals surface area contributed by atoms with Crippen LogP contribution >= 0.6 is 0 Å². The molecule has 0 aromatic heterocycles. The lowest BCUT2D eigenvalue weighted by Gasteiger charge is -2.56. The summed E-state index contributed by atoms with van der Waals surface area (Å²) >= 11 is 0. The molecule has 0 aromatic rings. The molecule has 0 radical (unpaired) electrons. The summed E-state index contributed by atoms with van der Waals surface area (Å²) in [7, 11) is 0. The summed E-state index contributed by atoms with van der Waals surface area (Å²) in [5.74, 6) is -2.05. The van der Waals surface area contributed by atoms with Crippen LogP contribution in [0.4, 0.5) is 4.39 Å². The zero-order valence-corrected chi connectivity index (χ0v) is 20.7. The van der Waals surface area contributed by atoms with Crippen LogP contribution in [-0.2, 0) is 33.4 Å². The number of alkyl halides is 1. The molecule has 3 saturated carbocycles. The maximum Gasteiger partial charge on any atom is 0.306 e. The Morgan fingerprint density at radius 2 is 1.97 bits per heavy atom. The fourth-order valence-electron chi connectivity index (χ4n) is 8.04. The molecule has 35 heavy (non-hydrogen) atoms. The number of ketones is 2. The molecule has 8 heteroatoms. The van der Waals surface area contributed by atoms with Gasteiger partial charge < -0.3 is 14.2 Å². The Kier molecular flexibility index (Phi) is 5.44. The smallest absolute Gasteiger partial charge is 0.306 e. The van der Waals surface area contributed by atoms with Crippen molar-refractivity contribution in [2.45, 2.75) is 89.7 Å². The van der Waals surface area contributed by atoms with Crippen LogP contribution in [0.3, 0.4) is 0 Å². The Morgan fingerprint density at radius 3 is 2.66 bits per heavy atom. The fourth-order valence-corrected chi connectivity index (χ4v) is 8.04. The molecule has 2 unspecified atom stereocenters. The average molecular weight is 489 g/mol. The van der Waals surface area contributed by atoms with E-state index in [-0.39, 0.29) is 36.6 Å². The molecule has 1 aliphatic heterocycles. The van der Waals surface area contributed by atoms with Crippen LogP contribution < -0.4 is 0 Å². The predicted molar refractivity (Wildman–Crippen MR) is 122 cm³/mol. The van der Waals surface area contributed by atoms with Gasteiger partial charge in [-0.25, -0.2) is 4.39 Å². The highest BCUT2D eigenvalue weighted by atomic mass is 19.1. The van der Waals surface area contributed by atoms with Crippen LogP contribution in [-0.4, -0.2) is 53.6 Å². The molecule has 0 aromatic carbocycles. The van der Waals surface area contributed by atoms with E-state index < -0.39 is 52.5 Å². The number of halogens is 1. The van der Waals surface area contributed by atoms with Crippen LogP contribution in [0.15, 0.2) is 23.8 Å². The summed E-state index contributed by atoms with van der Waals surface area (Å²) in [6.07, 6.45) is 5.40. The number of Topliss-reactive ketones (excluding diaryl/α,β-unsaturated/α-hetero) is 1. The van der Waals surface area contributed by atoms with Gasteiger partial charge in [0.15, 0.2) is 18.0 Å². The summed E-state index contributed by atoms with van der Waals surface area (Å²) in [5.41, 5.74) is -3.18. The molecular formula is C27H33FO7. The van der Waals surface area contributed by atoms with Crippen molar-refractivity contribution in [3.8, 4) is 0 Å². The molecule has 4 fully saturated rings. The topological polar surface area (TPSA) is 99.3 Å². The Balaban J connectivity index is 1.54. The summed E-state index contributed by atoms with van der Waals surface area (Å²) in [6.45, 7) is 6.51. The van der Waals surface area contributed by atoms with E-state index in [2.05, 4.69) is 0 Å². The highest BCUT2D eigenvalue weighted by molar-refractivity contribution is 6.01. The number of allylic oxidation sites excluding steroid dienone is 2. The number of epoxide rings is 1. The van der Waals surface area contributed by atoms with Gasteiger partial charge in [0.2, 0.25) is 5.78 Å². The quantitative estimate of drug-likeness (QED) is 0.416. The molecule has 1 heterocycles. The van der Waals surface area contributed by atoms with Gasteiger partial charge >= 0.3 is 11.9 Å². The third-order valence-electron chi connectivity index (χ3n) is 9.64. The van der Waals surface area contributed by atoms with Gasteiger partial charge in [-0.15, -0.1) is 0 Å². The third-order valence-corrected chi connectivity index (χ3v) is 9.64. The van der Waals surface area contributed by atoms with E-state index in [1.165, 1.54) is 19.1 Å². The van der Waals surface area contributed by atoms with Gasteiger partial charge in [0, 0.05) is 24.2 Å². The van der Waals surface area contributed by atoms with Crippen LogP contribution in [0.2, 0.25) is 0 Å². The Morgan fingerprint density at radius 1 is 1.23 bits per heavy atom. The monoisotopic (exact) mass is 488 g/mol. The predicted octanol–water partition coefficient (Wildman–Crippen LogP) is 3.59. The molecule has 5 aliphatic rings. The van der Waals surface area contributed by atoms with Gasteiger partial charge in [-0.1, -0.05) is 19.9 Å². The van der Waals surface area contributed by atoms with Crippen molar-refractivity contribution in [1.82, 2.24) is 0 Å². The van der Waals surface area contributed by atoms with Crippen LogP contribution in [0.25, 0.3) is 0 Å². The van der Waals surface area contributed by atoms with Gasteiger partial charge in [0.25, 0.3) is 0 Å². The Hall–Kier alpha value is -2.35.